The first-order chi connectivity index (χ1) is 12.3. The van der Waals surface area contributed by atoms with Gasteiger partial charge in [0, 0.05) is 38.3 Å². The molecule has 0 bridgehead atoms. The summed E-state index contributed by atoms with van der Waals surface area (Å²) < 4.78 is 0. The molecule has 126 valence electrons. The minimum absolute atomic E-state index is 0.0453. The summed E-state index contributed by atoms with van der Waals surface area (Å²) in [6.45, 7) is 4.12. The van der Waals surface area contributed by atoms with Crippen LogP contribution in [0, 0.1) is 11.3 Å². The molecule has 2 aromatic carbocycles. The molecule has 0 radical (unpaired) electrons. The molecule has 2 aromatic rings. The molecule has 1 amide bonds. The van der Waals surface area contributed by atoms with Gasteiger partial charge in [0.25, 0.3) is 5.91 Å². The summed E-state index contributed by atoms with van der Waals surface area (Å²) in [5.41, 5.74) is 2.43. The van der Waals surface area contributed by atoms with Gasteiger partial charge >= 0.3 is 0 Å². The average molecular weight is 331 g/mol. The highest BCUT2D eigenvalue weighted by Gasteiger charge is 2.21. The third kappa shape index (κ3) is 4.56. The van der Waals surface area contributed by atoms with Crippen LogP contribution in [0.4, 0.5) is 0 Å². The maximum atomic E-state index is 12.5. The number of rotatable bonds is 4. The summed E-state index contributed by atoms with van der Waals surface area (Å²) >= 11 is 0. The summed E-state index contributed by atoms with van der Waals surface area (Å²) in [4.78, 5) is 16.8. The number of nitriles is 1. The maximum Gasteiger partial charge on any atom is 0.253 e. The zero-order chi connectivity index (χ0) is 17.5. The Morgan fingerprint density at radius 1 is 1.00 bits per heavy atom. The zero-order valence-electron chi connectivity index (χ0n) is 14.1. The van der Waals surface area contributed by atoms with Crippen LogP contribution in [0.1, 0.15) is 21.5 Å². The number of hydrogen-bond acceptors (Lipinski definition) is 3. The van der Waals surface area contributed by atoms with Crippen LogP contribution in [0.2, 0.25) is 0 Å². The van der Waals surface area contributed by atoms with Gasteiger partial charge in [-0.25, -0.2) is 0 Å². The Kier molecular flexibility index (Phi) is 5.61. The number of carbonyl (C=O) groups is 1. The molecule has 0 aromatic heterocycles. The van der Waals surface area contributed by atoms with Crippen LogP contribution in [0.15, 0.2) is 60.7 Å². The molecule has 1 saturated heterocycles. The Balaban J connectivity index is 1.48. The lowest BCUT2D eigenvalue weighted by Gasteiger charge is -2.34. The van der Waals surface area contributed by atoms with Crippen LogP contribution in [-0.2, 0) is 0 Å². The fraction of sp³-hybridized carbons (Fsp3) is 0.238. The van der Waals surface area contributed by atoms with E-state index in [4.69, 9.17) is 5.26 Å². The minimum atomic E-state index is 0.0453. The molecular weight excluding hydrogens is 310 g/mol. The molecule has 1 aliphatic rings. The topological polar surface area (TPSA) is 47.3 Å². The van der Waals surface area contributed by atoms with Crippen molar-refractivity contribution in [1.82, 2.24) is 9.80 Å². The van der Waals surface area contributed by atoms with Crippen molar-refractivity contribution in [3.8, 4) is 6.07 Å². The molecule has 0 N–H and O–H groups in total. The molecule has 25 heavy (non-hydrogen) atoms. The number of benzene rings is 2. The fourth-order valence-corrected chi connectivity index (χ4v) is 2.91. The van der Waals surface area contributed by atoms with Crippen LogP contribution in [0.3, 0.4) is 0 Å². The van der Waals surface area contributed by atoms with E-state index in [9.17, 15) is 4.79 Å². The van der Waals surface area contributed by atoms with Crippen LogP contribution < -0.4 is 0 Å². The second-order valence-corrected chi connectivity index (χ2v) is 6.10. The van der Waals surface area contributed by atoms with E-state index in [1.54, 1.807) is 24.3 Å². The molecule has 4 nitrogen and oxygen atoms in total. The second-order valence-electron chi connectivity index (χ2n) is 6.10. The van der Waals surface area contributed by atoms with Crippen LogP contribution >= 0.6 is 0 Å². The predicted molar refractivity (Wildman–Crippen MR) is 99.0 cm³/mol. The van der Waals surface area contributed by atoms with E-state index >= 15 is 0 Å². The van der Waals surface area contributed by atoms with Gasteiger partial charge in [-0.1, -0.05) is 42.5 Å². The lowest BCUT2D eigenvalue weighted by molar-refractivity contribution is 0.0650. The summed E-state index contributed by atoms with van der Waals surface area (Å²) in [5.74, 6) is 0.0453. The monoisotopic (exact) mass is 331 g/mol. The first-order valence-electron chi connectivity index (χ1n) is 8.49. The van der Waals surface area contributed by atoms with Crippen molar-refractivity contribution in [2.45, 2.75) is 0 Å². The molecule has 0 spiro atoms. The van der Waals surface area contributed by atoms with Gasteiger partial charge in [-0.3, -0.25) is 9.69 Å². The Bertz CT molecular complexity index is 767. The Morgan fingerprint density at radius 3 is 2.32 bits per heavy atom. The largest absolute Gasteiger partial charge is 0.336 e. The van der Waals surface area contributed by atoms with Gasteiger partial charge < -0.3 is 4.90 Å². The highest BCUT2D eigenvalue weighted by Crippen LogP contribution is 2.10. The van der Waals surface area contributed by atoms with E-state index in [1.807, 2.05) is 23.1 Å². The van der Waals surface area contributed by atoms with E-state index < -0.39 is 0 Å². The Morgan fingerprint density at radius 2 is 1.68 bits per heavy atom. The summed E-state index contributed by atoms with van der Waals surface area (Å²) in [5, 5.41) is 8.83. The average Bonchev–Trinajstić information content (AvgIpc) is 2.69. The molecule has 4 heteroatoms. The lowest BCUT2D eigenvalue weighted by atomic mass is 10.1. The number of piperazine rings is 1. The van der Waals surface area contributed by atoms with Gasteiger partial charge in [0.2, 0.25) is 0 Å². The minimum Gasteiger partial charge on any atom is -0.336 e. The van der Waals surface area contributed by atoms with Crippen molar-refractivity contribution in [1.29, 1.82) is 5.26 Å². The third-order valence-electron chi connectivity index (χ3n) is 4.39. The van der Waals surface area contributed by atoms with E-state index in [0.717, 1.165) is 32.7 Å². The first-order valence-corrected chi connectivity index (χ1v) is 8.49. The number of amides is 1. The normalized spacial score (nSPS) is 15.2. The molecule has 1 heterocycles. The molecule has 0 saturated carbocycles. The number of nitrogens with zero attached hydrogens (tertiary/aromatic N) is 3. The van der Waals surface area contributed by atoms with E-state index in [2.05, 4.69) is 35.3 Å². The van der Waals surface area contributed by atoms with Crippen molar-refractivity contribution in [3.63, 3.8) is 0 Å². The summed E-state index contributed by atoms with van der Waals surface area (Å²) in [6, 6.07) is 19.2. The van der Waals surface area contributed by atoms with Crippen molar-refractivity contribution in [2.75, 3.05) is 32.7 Å². The van der Waals surface area contributed by atoms with Crippen LogP contribution in [0.25, 0.3) is 6.08 Å². The molecule has 1 fully saturated rings. The SMILES string of the molecule is N#Cc1ccc(C(=O)N2CCN(C/C=C/c3ccccc3)CC2)cc1. The Hall–Kier alpha value is -2.90. The zero-order valence-corrected chi connectivity index (χ0v) is 14.1. The number of hydrogen-bond donors (Lipinski definition) is 0. The van der Waals surface area contributed by atoms with Crippen LogP contribution in [-0.4, -0.2) is 48.4 Å². The van der Waals surface area contributed by atoms with Gasteiger partial charge in [0.1, 0.15) is 0 Å². The number of carbonyl (C=O) groups excluding carboxylic acids is 1. The molecule has 1 aliphatic heterocycles. The predicted octanol–water partition coefficient (Wildman–Crippen LogP) is 3.03. The van der Waals surface area contributed by atoms with Crippen molar-refractivity contribution < 1.29 is 4.79 Å². The second kappa shape index (κ2) is 8.27. The van der Waals surface area contributed by atoms with Crippen LogP contribution in [0.5, 0.6) is 0 Å². The van der Waals surface area contributed by atoms with Crippen molar-refractivity contribution in [3.05, 3.63) is 77.4 Å². The molecule has 0 aliphatic carbocycles. The summed E-state index contributed by atoms with van der Waals surface area (Å²) in [6.07, 6.45) is 4.31. The van der Waals surface area contributed by atoms with E-state index in [0.29, 0.717) is 11.1 Å². The molecular formula is C21H21N3O. The fourth-order valence-electron chi connectivity index (χ4n) is 2.91. The Labute approximate surface area is 148 Å². The first kappa shape index (κ1) is 16.9. The van der Waals surface area contributed by atoms with Gasteiger partial charge in [-0.2, -0.15) is 5.26 Å². The quantitative estimate of drug-likeness (QED) is 0.865. The standard InChI is InChI=1S/C21H21N3O/c22-17-19-8-10-20(11-9-19)21(25)24-15-13-23(14-16-24)12-4-7-18-5-2-1-3-6-18/h1-11H,12-16H2/b7-4+. The lowest BCUT2D eigenvalue weighted by Crippen LogP contribution is -2.48. The van der Waals surface area contributed by atoms with Gasteiger partial charge in [0.15, 0.2) is 0 Å². The summed E-state index contributed by atoms with van der Waals surface area (Å²) in [7, 11) is 0. The highest BCUT2D eigenvalue weighted by atomic mass is 16.2. The molecule has 0 unspecified atom stereocenters. The highest BCUT2D eigenvalue weighted by molar-refractivity contribution is 5.94. The molecule has 3 rings (SSSR count). The molecule has 0 atom stereocenters. The van der Waals surface area contributed by atoms with Crippen molar-refractivity contribution in [2.24, 2.45) is 0 Å². The maximum absolute atomic E-state index is 12.5. The third-order valence-corrected chi connectivity index (χ3v) is 4.39. The van der Waals surface area contributed by atoms with E-state index in [-0.39, 0.29) is 5.91 Å². The van der Waals surface area contributed by atoms with E-state index in [1.165, 1.54) is 5.56 Å². The van der Waals surface area contributed by atoms with Gasteiger partial charge in [-0.05, 0) is 29.8 Å². The smallest absolute Gasteiger partial charge is 0.253 e. The van der Waals surface area contributed by atoms with Gasteiger partial charge in [0.05, 0.1) is 11.6 Å². The van der Waals surface area contributed by atoms with Crippen molar-refractivity contribution >= 4 is 12.0 Å². The van der Waals surface area contributed by atoms with Gasteiger partial charge in [-0.15, -0.1) is 0 Å².